The van der Waals surface area contributed by atoms with Crippen molar-refractivity contribution < 1.29 is 4.74 Å². The summed E-state index contributed by atoms with van der Waals surface area (Å²) >= 11 is 0. The Labute approximate surface area is 103 Å². The first kappa shape index (κ1) is 12.4. The molecule has 0 spiro atoms. The van der Waals surface area contributed by atoms with E-state index in [1.165, 1.54) is 17.7 Å². The summed E-state index contributed by atoms with van der Waals surface area (Å²) in [6.45, 7) is 4.75. The quantitative estimate of drug-likeness (QED) is 0.851. The lowest BCUT2D eigenvalue weighted by atomic mass is 9.96. The number of fused-ring (bicyclic) bond motifs is 1. The van der Waals surface area contributed by atoms with E-state index in [-0.39, 0.29) is 5.54 Å². The van der Waals surface area contributed by atoms with Gasteiger partial charge in [0, 0.05) is 17.3 Å². The molecule has 0 saturated heterocycles. The standard InChI is InChI=1S/C14H22N2O/c1-3-14(15,4-2)10-17-13-9-8-11-6-5-7-12(11)16-13/h8-9H,3-7,10,15H2,1-2H3. The zero-order chi connectivity index (χ0) is 12.3. The third kappa shape index (κ3) is 2.78. The molecular weight excluding hydrogens is 212 g/mol. The lowest BCUT2D eigenvalue weighted by Crippen LogP contribution is -2.44. The smallest absolute Gasteiger partial charge is 0.213 e. The fourth-order valence-electron chi connectivity index (χ4n) is 2.15. The maximum absolute atomic E-state index is 6.20. The van der Waals surface area contributed by atoms with Crippen molar-refractivity contribution in [3.05, 3.63) is 23.4 Å². The molecule has 2 N–H and O–H groups in total. The van der Waals surface area contributed by atoms with E-state index in [1.54, 1.807) is 0 Å². The van der Waals surface area contributed by atoms with Crippen molar-refractivity contribution in [3.63, 3.8) is 0 Å². The second-order valence-electron chi connectivity index (χ2n) is 4.97. The number of rotatable bonds is 5. The number of nitrogens with zero attached hydrogens (tertiary/aromatic N) is 1. The lowest BCUT2D eigenvalue weighted by Gasteiger charge is -2.26. The Morgan fingerprint density at radius 2 is 2.06 bits per heavy atom. The van der Waals surface area contributed by atoms with Crippen LogP contribution in [0.1, 0.15) is 44.4 Å². The minimum absolute atomic E-state index is 0.222. The highest BCUT2D eigenvalue weighted by Crippen LogP contribution is 2.23. The van der Waals surface area contributed by atoms with E-state index in [1.807, 2.05) is 6.07 Å². The number of nitrogens with two attached hydrogens (primary N) is 1. The molecule has 1 aliphatic carbocycles. The molecule has 0 atom stereocenters. The van der Waals surface area contributed by atoms with Crippen LogP contribution >= 0.6 is 0 Å². The van der Waals surface area contributed by atoms with Crippen LogP contribution in [0.4, 0.5) is 0 Å². The Bertz CT molecular complexity index is 386. The average molecular weight is 234 g/mol. The molecule has 0 unspecified atom stereocenters. The molecule has 0 aliphatic heterocycles. The van der Waals surface area contributed by atoms with Gasteiger partial charge >= 0.3 is 0 Å². The minimum atomic E-state index is -0.222. The zero-order valence-corrected chi connectivity index (χ0v) is 10.8. The van der Waals surface area contributed by atoms with Gasteiger partial charge in [-0.15, -0.1) is 0 Å². The molecule has 1 aromatic heterocycles. The normalized spacial score (nSPS) is 14.8. The molecule has 0 radical (unpaired) electrons. The van der Waals surface area contributed by atoms with Crippen LogP contribution in [0.25, 0.3) is 0 Å². The summed E-state index contributed by atoms with van der Waals surface area (Å²) in [6, 6.07) is 4.11. The maximum atomic E-state index is 6.20. The van der Waals surface area contributed by atoms with Gasteiger partial charge in [-0.1, -0.05) is 19.9 Å². The molecule has 0 bridgehead atoms. The van der Waals surface area contributed by atoms with Crippen LogP contribution in [0, 0.1) is 0 Å². The van der Waals surface area contributed by atoms with Gasteiger partial charge in [0.2, 0.25) is 5.88 Å². The number of hydrogen-bond donors (Lipinski definition) is 1. The molecular formula is C14H22N2O. The number of hydrogen-bond acceptors (Lipinski definition) is 3. The number of aromatic nitrogens is 1. The highest BCUT2D eigenvalue weighted by Gasteiger charge is 2.21. The second-order valence-corrected chi connectivity index (χ2v) is 4.97. The number of aryl methyl sites for hydroxylation is 2. The second kappa shape index (κ2) is 5.05. The maximum Gasteiger partial charge on any atom is 0.213 e. The molecule has 3 nitrogen and oxygen atoms in total. The molecule has 2 rings (SSSR count). The molecule has 1 aliphatic rings. The fraction of sp³-hybridized carbons (Fsp3) is 0.643. The van der Waals surface area contributed by atoms with Crippen molar-refractivity contribution in [2.24, 2.45) is 5.73 Å². The first-order valence-electron chi connectivity index (χ1n) is 6.57. The Morgan fingerprint density at radius 3 is 2.76 bits per heavy atom. The number of ether oxygens (including phenoxy) is 1. The molecule has 0 aromatic carbocycles. The van der Waals surface area contributed by atoms with Crippen LogP contribution in [0.2, 0.25) is 0 Å². The van der Waals surface area contributed by atoms with Crippen molar-refractivity contribution in [1.82, 2.24) is 4.98 Å². The van der Waals surface area contributed by atoms with Gasteiger partial charge in [0.05, 0.1) is 0 Å². The van der Waals surface area contributed by atoms with E-state index in [9.17, 15) is 0 Å². The van der Waals surface area contributed by atoms with Gasteiger partial charge in [-0.05, 0) is 37.7 Å². The fourth-order valence-corrected chi connectivity index (χ4v) is 2.15. The van der Waals surface area contributed by atoms with E-state index in [2.05, 4.69) is 24.9 Å². The van der Waals surface area contributed by atoms with Crippen LogP contribution in [-0.2, 0) is 12.8 Å². The molecule has 1 aromatic rings. The van der Waals surface area contributed by atoms with E-state index < -0.39 is 0 Å². The van der Waals surface area contributed by atoms with Gasteiger partial charge in [-0.2, -0.15) is 0 Å². The van der Waals surface area contributed by atoms with Crippen LogP contribution in [-0.4, -0.2) is 17.1 Å². The van der Waals surface area contributed by atoms with E-state index in [4.69, 9.17) is 10.5 Å². The first-order chi connectivity index (χ1) is 8.17. The first-order valence-corrected chi connectivity index (χ1v) is 6.57. The summed E-state index contributed by atoms with van der Waals surface area (Å²) < 4.78 is 5.74. The summed E-state index contributed by atoms with van der Waals surface area (Å²) in [5.74, 6) is 0.724. The molecule has 0 amide bonds. The van der Waals surface area contributed by atoms with Crippen molar-refractivity contribution in [3.8, 4) is 5.88 Å². The molecule has 17 heavy (non-hydrogen) atoms. The highest BCUT2D eigenvalue weighted by atomic mass is 16.5. The zero-order valence-electron chi connectivity index (χ0n) is 10.8. The minimum Gasteiger partial charge on any atom is -0.476 e. The lowest BCUT2D eigenvalue weighted by molar-refractivity contribution is 0.200. The van der Waals surface area contributed by atoms with E-state index in [0.29, 0.717) is 6.61 Å². The summed E-state index contributed by atoms with van der Waals surface area (Å²) in [7, 11) is 0. The summed E-state index contributed by atoms with van der Waals surface area (Å²) in [6.07, 6.45) is 5.31. The van der Waals surface area contributed by atoms with Gasteiger partial charge in [-0.25, -0.2) is 4.98 Å². The van der Waals surface area contributed by atoms with Crippen molar-refractivity contribution in [2.45, 2.75) is 51.5 Å². The van der Waals surface area contributed by atoms with Gasteiger partial charge in [0.25, 0.3) is 0 Å². The van der Waals surface area contributed by atoms with Crippen molar-refractivity contribution in [1.29, 1.82) is 0 Å². The predicted octanol–water partition coefficient (Wildman–Crippen LogP) is 2.47. The Kier molecular flexibility index (Phi) is 3.67. The third-order valence-electron chi connectivity index (χ3n) is 3.82. The SMILES string of the molecule is CCC(N)(CC)COc1ccc2c(n1)CCC2. The van der Waals surface area contributed by atoms with Crippen molar-refractivity contribution >= 4 is 0 Å². The topological polar surface area (TPSA) is 48.1 Å². The molecule has 0 saturated carbocycles. The van der Waals surface area contributed by atoms with Gasteiger partial charge < -0.3 is 10.5 Å². The van der Waals surface area contributed by atoms with Gasteiger partial charge in [-0.3, -0.25) is 0 Å². The summed E-state index contributed by atoms with van der Waals surface area (Å²) in [5, 5.41) is 0. The molecule has 3 heteroatoms. The molecule has 1 heterocycles. The van der Waals surface area contributed by atoms with Gasteiger partial charge in [0.1, 0.15) is 6.61 Å². The third-order valence-corrected chi connectivity index (χ3v) is 3.82. The van der Waals surface area contributed by atoms with Gasteiger partial charge in [0.15, 0.2) is 0 Å². The largest absolute Gasteiger partial charge is 0.476 e. The summed E-state index contributed by atoms with van der Waals surface area (Å²) in [5.41, 5.74) is 8.57. The van der Waals surface area contributed by atoms with Crippen LogP contribution in [0.5, 0.6) is 5.88 Å². The van der Waals surface area contributed by atoms with Crippen LogP contribution < -0.4 is 10.5 Å². The average Bonchev–Trinajstić information content (AvgIpc) is 2.83. The molecule has 94 valence electrons. The van der Waals surface area contributed by atoms with Crippen LogP contribution in [0.15, 0.2) is 12.1 Å². The molecule has 0 fully saturated rings. The predicted molar refractivity (Wildman–Crippen MR) is 69.3 cm³/mol. The highest BCUT2D eigenvalue weighted by molar-refractivity contribution is 5.29. The Morgan fingerprint density at radius 1 is 1.29 bits per heavy atom. The Balaban J connectivity index is 2.00. The van der Waals surface area contributed by atoms with Crippen molar-refractivity contribution in [2.75, 3.05) is 6.61 Å². The number of pyridine rings is 1. The monoisotopic (exact) mass is 234 g/mol. The van der Waals surface area contributed by atoms with Crippen LogP contribution in [0.3, 0.4) is 0 Å². The Hall–Kier alpha value is -1.09. The summed E-state index contributed by atoms with van der Waals surface area (Å²) in [4.78, 5) is 4.55. The van der Waals surface area contributed by atoms with E-state index >= 15 is 0 Å². The van der Waals surface area contributed by atoms with E-state index in [0.717, 1.165) is 31.6 Å².